The van der Waals surface area contributed by atoms with Gasteiger partial charge < -0.3 is 16.2 Å². The fourth-order valence-corrected chi connectivity index (χ4v) is 1.50. The van der Waals surface area contributed by atoms with Crippen LogP contribution >= 0.6 is 24.8 Å². The predicted molar refractivity (Wildman–Crippen MR) is 82.7 cm³/mol. The van der Waals surface area contributed by atoms with Crippen molar-refractivity contribution in [2.75, 3.05) is 5.32 Å². The molecule has 1 aromatic carbocycles. The number of amides is 1. The molecule has 0 unspecified atom stereocenters. The second kappa shape index (κ2) is 8.37. The van der Waals surface area contributed by atoms with E-state index in [1.807, 2.05) is 0 Å². The van der Waals surface area contributed by atoms with E-state index >= 15 is 0 Å². The van der Waals surface area contributed by atoms with Crippen LogP contribution in [0.3, 0.4) is 0 Å². The highest BCUT2D eigenvalue weighted by Gasteiger charge is 2.09. The maximum atomic E-state index is 11.9. The molecule has 2 rings (SSSR count). The second-order valence-corrected chi connectivity index (χ2v) is 3.71. The Morgan fingerprint density at radius 3 is 2.60 bits per heavy atom. The van der Waals surface area contributed by atoms with Gasteiger partial charge in [0, 0.05) is 18.3 Å². The molecule has 1 amide bonds. The van der Waals surface area contributed by atoms with E-state index in [-0.39, 0.29) is 43.0 Å². The van der Waals surface area contributed by atoms with Gasteiger partial charge in [0.1, 0.15) is 5.75 Å². The van der Waals surface area contributed by atoms with Crippen molar-refractivity contribution in [3.8, 4) is 5.75 Å². The summed E-state index contributed by atoms with van der Waals surface area (Å²) < 4.78 is 0. The topological polar surface area (TPSA) is 88.2 Å². The number of aromatic nitrogens is 1. The molecule has 0 bridgehead atoms. The number of carbonyl (C=O) groups is 1. The number of aromatic hydroxyl groups is 1. The lowest BCUT2D eigenvalue weighted by Crippen LogP contribution is -2.13. The molecule has 5 nitrogen and oxygen atoms in total. The van der Waals surface area contributed by atoms with Crippen molar-refractivity contribution in [3.05, 3.63) is 53.9 Å². The molecule has 20 heavy (non-hydrogen) atoms. The van der Waals surface area contributed by atoms with Gasteiger partial charge in [-0.1, -0.05) is 12.1 Å². The van der Waals surface area contributed by atoms with Crippen LogP contribution in [0.5, 0.6) is 5.75 Å². The average molecular weight is 316 g/mol. The molecule has 108 valence electrons. The third-order valence-electron chi connectivity index (χ3n) is 2.44. The fourth-order valence-electron chi connectivity index (χ4n) is 1.50. The number of para-hydroxylation sites is 2. The summed E-state index contributed by atoms with van der Waals surface area (Å²) in [5, 5.41) is 12.2. The van der Waals surface area contributed by atoms with Crippen molar-refractivity contribution in [1.29, 1.82) is 0 Å². The molecule has 0 spiro atoms. The van der Waals surface area contributed by atoms with Crippen molar-refractivity contribution in [2.45, 2.75) is 6.54 Å². The van der Waals surface area contributed by atoms with Crippen LogP contribution in [-0.2, 0) is 6.54 Å². The van der Waals surface area contributed by atoms with Crippen LogP contribution < -0.4 is 11.1 Å². The second-order valence-electron chi connectivity index (χ2n) is 3.71. The highest BCUT2D eigenvalue weighted by molar-refractivity contribution is 6.04. The smallest absolute Gasteiger partial charge is 0.255 e. The minimum atomic E-state index is -0.311. The predicted octanol–water partition coefficient (Wildman–Crippen LogP) is 2.34. The molecule has 4 N–H and O–H groups in total. The highest BCUT2D eigenvalue weighted by Crippen LogP contribution is 2.22. The van der Waals surface area contributed by atoms with Crippen molar-refractivity contribution in [1.82, 2.24) is 4.98 Å². The molecule has 0 radical (unpaired) electrons. The number of halogens is 2. The molecule has 0 fully saturated rings. The molecule has 7 heteroatoms. The molecular formula is C13H15Cl2N3O2. The zero-order valence-electron chi connectivity index (χ0n) is 10.4. The lowest BCUT2D eigenvalue weighted by molar-refractivity contribution is 0.102. The third kappa shape index (κ3) is 4.38. The molecule has 2 aromatic rings. The van der Waals surface area contributed by atoms with E-state index in [2.05, 4.69) is 10.3 Å². The van der Waals surface area contributed by atoms with Gasteiger partial charge in [-0.3, -0.25) is 9.78 Å². The van der Waals surface area contributed by atoms with Crippen LogP contribution in [0, 0.1) is 0 Å². The highest BCUT2D eigenvalue weighted by atomic mass is 35.5. The van der Waals surface area contributed by atoms with E-state index in [1.165, 1.54) is 12.3 Å². The van der Waals surface area contributed by atoms with Crippen molar-refractivity contribution >= 4 is 36.4 Å². The lowest BCUT2D eigenvalue weighted by Gasteiger charge is -2.07. The van der Waals surface area contributed by atoms with Gasteiger partial charge >= 0.3 is 0 Å². The minimum absolute atomic E-state index is 0. The third-order valence-corrected chi connectivity index (χ3v) is 2.44. The van der Waals surface area contributed by atoms with Crippen LogP contribution in [0.2, 0.25) is 0 Å². The van der Waals surface area contributed by atoms with Gasteiger partial charge in [-0.2, -0.15) is 0 Å². The minimum Gasteiger partial charge on any atom is -0.506 e. The quantitative estimate of drug-likeness (QED) is 0.758. The van der Waals surface area contributed by atoms with Crippen molar-refractivity contribution in [2.24, 2.45) is 5.73 Å². The standard InChI is InChI=1S/C13H13N3O2.2ClH/c14-8-10-7-9(5-6-15-10)13(18)16-11-3-1-2-4-12(11)17;;/h1-7,17H,8,14H2,(H,16,18);2*1H. The van der Waals surface area contributed by atoms with E-state index in [0.29, 0.717) is 16.9 Å². The largest absolute Gasteiger partial charge is 0.506 e. The SMILES string of the molecule is Cl.Cl.NCc1cc(C(=O)Nc2ccccc2O)ccn1. The van der Waals surface area contributed by atoms with E-state index in [9.17, 15) is 9.90 Å². The summed E-state index contributed by atoms with van der Waals surface area (Å²) in [4.78, 5) is 16.0. The molecule has 0 aliphatic heterocycles. The first-order valence-electron chi connectivity index (χ1n) is 5.45. The summed E-state index contributed by atoms with van der Waals surface area (Å²) in [6.07, 6.45) is 1.53. The maximum Gasteiger partial charge on any atom is 0.255 e. The van der Waals surface area contributed by atoms with Crippen LogP contribution in [0.25, 0.3) is 0 Å². The number of benzene rings is 1. The number of nitrogens with one attached hydrogen (secondary N) is 1. The molecule has 1 aromatic heterocycles. The van der Waals surface area contributed by atoms with Crippen molar-refractivity contribution < 1.29 is 9.90 Å². The first kappa shape index (κ1) is 18.2. The monoisotopic (exact) mass is 315 g/mol. The molecule has 0 aliphatic rings. The molecule has 0 saturated carbocycles. The van der Waals surface area contributed by atoms with Crippen LogP contribution in [0.1, 0.15) is 16.1 Å². The summed E-state index contributed by atoms with van der Waals surface area (Å²) in [6.45, 7) is 0.276. The molecular weight excluding hydrogens is 301 g/mol. The first-order chi connectivity index (χ1) is 8.70. The Labute approximate surface area is 129 Å². The maximum absolute atomic E-state index is 11.9. The molecule has 0 aliphatic carbocycles. The lowest BCUT2D eigenvalue weighted by atomic mass is 10.2. The number of phenolic OH excluding ortho intramolecular Hbond substituents is 1. The Morgan fingerprint density at radius 1 is 1.25 bits per heavy atom. The van der Waals surface area contributed by atoms with Crippen LogP contribution in [-0.4, -0.2) is 16.0 Å². The number of anilines is 1. The Morgan fingerprint density at radius 2 is 1.95 bits per heavy atom. The summed E-state index contributed by atoms with van der Waals surface area (Å²) in [5.41, 5.74) is 6.92. The van der Waals surface area contributed by atoms with E-state index < -0.39 is 0 Å². The van der Waals surface area contributed by atoms with Gasteiger partial charge in [0.25, 0.3) is 5.91 Å². The number of phenols is 1. The van der Waals surface area contributed by atoms with Crippen molar-refractivity contribution in [3.63, 3.8) is 0 Å². The summed E-state index contributed by atoms with van der Waals surface area (Å²) >= 11 is 0. The van der Waals surface area contributed by atoms with E-state index in [1.54, 1.807) is 30.3 Å². The summed E-state index contributed by atoms with van der Waals surface area (Å²) in [5.74, 6) is -0.285. The Bertz CT molecular complexity index is 579. The first-order valence-corrected chi connectivity index (χ1v) is 5.45. The van der Waals surface area contributed by atoms with Crippen LogP contribution in [0.4, 0.5) is 5.69 Å². The summed E-state index contributed by atoms with van der Waals surface area (Å²) in [6, 6.07) is 9.76. The van der Waals surface area contributed by atoms with E-state index in [0.717, 1.165) is 0 Å². The average Bonchev–Trinajstić information content (AvgIpc) is 2.41. The molecule has 0 saturated heterocycles. The Hall–Kier alpha value is -1.82. The van der Waals surface area contributed by atoms with Gasteiger partial charge in [-0.25, -0.2) is 0 Å². The fraction of sp³-hybridized carbons (Fsp3) is 0.0769. The number of hydrogen-bond donors (Lipinski definition) is 3. The van der Waals surface area contributed by atoms with Gasteiger partial charge in [0.15, 0.2) is 0 Å². The zero-order valence-corrected chi connectivity index (χ0v) is 12.1. The Kier molecular flexibility index (Phi) is 7.61. The Balaban J connectivity index is 0.00000180. The van der Waals surface area contributed by atoms with Crippen LogP contribution in [0.15, 0.2) is 42.6 Å². The van der Waals surface area contributed by atoms with Gasteiger partial charge in [-0.05, 0) is 24.3 Å². The van der Waals surface area contributed by atoms with E-state index in [4.69, 9.17) is 5.73 Å². The number of hydrogen-bond acceptors (Lipinski definition) is 4. The summed E-state index contributed by atoms with van der Waals surface area (Å²) in [7, 11) is 0. The zero-order chi connectivity index (χ0) is 13.0. The number of rotatable bonds is 3. The van der Waals surface area contributed by atoms with Gasteiger partial charge in [0.05, 0.1) is 11.4 Å². The number of carbonyl (C=O) groups excluding carboxylic acids is 1. The normalized spacial score (nSPS) is 9.05. The molecule has 1 heterocycles. The van der Waals surface area contributed by atoms with Gasteiger partial charge in [0.2, 0.25) is 0 Å². The number of pyridine rings is 1. The molecule has 0 atom stereocenters. The number of nitrogens with two attached hydrogens (primary N) is 1. The van der Waals surface area contributed by atoms with Gasteiger partial charge in [-0.15, -0.1) is 24.8 Å². The number of nitrogens with zero attached hydrogens (tertiary/aromatic N) is 1.